The molecule has 0 atom stereocenters. The number of halogens is 4. The summed E-state index contributed by atoms with van der Waals surface area (Å²) in [5.74, 6) is -0.942. The summed E-state index contributed by atoms with van der Waals surface area (Å²) < 4.78 is 40.8. The van der Waals surface area contributed by atoms with E-state index in [9.17, 15) is 13.2 Å². The van der Waals surface area contributed by atoms with Crippen molar-refractivity contribution in [3.05, 3.63) is 40.8 Å². The lowest BCUT2D eigenvalue weighted by molar-refractivity contribution is 0.356. The lowest BCUT2D eigenvalue weighted by Crippen LogP contribution is -1.87. The molecule has 1 nitrogen and oxygen atoms in total. The molecule has 13 heavy (non-hydrogen) atoms. The molecule has 0 amide bonds. The van der Waals surface area contributed by atoms with Crippen LogP contribution in [0.4, 0.5) is 13.2 Å². The summed E-state index contributed by atoms with van der Waals surface area (Å²) in [5, 5.41) is 0. The number of rotatable bonds is 2. The van der Waals surface area contributed by atoms with Gasteiger partial charge in [-0.05, 0) is 18.2 Å². The molecule has 0 radical (unpaired) electrons. The average molecular weight is 253 g/mol. The summed E-state index contributed by atoms with van der Waals surface area (Å²) in [7, 11) is 0. The molecule has 1 rings (SSSR count). The van der Waals surface area contributed by atoms with Gasteiger partial charge in [-0.1, -0.05) is 15.9 Å². The Kier molecular flexibility index (Phi) is 3.36. The van der Waals surface area contributed by atoms with Crippen LogP contribution in [0, 0.1) is 5.82 Å². The second-order valence-corrected chi connectivity index (χ2v) is 3.02. The van der Waals surface area contributed by atoms with E-state index in [0.717, 1.165) is 6.07 Å². The van der Waals surface area contributed by atoms with E-state index in [4.69, 9.17) is 0 Å². The maximum Gasteiger partial charge on any atom is 0.305 e. The van der Waals surface area contributed by atoms with Crippen molar-refractivity contribution in [1.29, 1.82) is 0 Å². The maximum atomic E-state index is 12.9. The van der Waals surface area contributed by atoms with E-state index in [1.165, 1.54) is 12.1 Å². The van der Waals surface area contributed by atoms with Gasteiger partial charge in [0.2, 0.25) is 0 Å². The molecule has 0 heterocycles. The van der Waals surface area contributed by atoms with Crippen LogP contribution in [0.25, 0.3) is 0 Å². The first kappa shape index (κ1) is 10.1. The van der Waals surface area contributed by atoms with E-state index in [1.807, 2.05) is 0 Å². The van der Waals surface area contributed by atoms with Gasteiger partial charge in [0.15, 0.2) is 17.8 Å². The van der Waals surface area contributed by atoms with Crippen molar-refractivity contribution < 1.29 is 17.9 Å². The summed E-state index contributed by atoms with van der Waals surface area (Å²) in [4.78, 5) is 0. The minimum atomic E-state index is -2.01. The van der Waals surface area contributed by atoms with E-state index < -0.39 is 11.9 Å². The summed E-state index contributed by atoms with van der Waals surface area (Å²) >= 11 is 3.02. The van der Waals surface area contributed by atoms with Crippen LogP contribution in [0.3, 0.4) is 0 Å². The third kappa shape index (κ3) is 3.10. The van der Waals surface area contributed by atoms with Crippen LogP contribution in [-0.4, -0.2) is 0 Å². The minimum Gasteiger partial charge on any atom is -0.456 e. The predicted octanol–water partition coefficient (Wildman–Crippen LogP) is 3.70. The molecule has 0 fully saturated rings. The number of benzene rings is 1. The molecule has 70 valence electrons. The van der Waals surface area contributed by atoms with Crippen molar-refractivity contribution in [2.45, 2.75) is 0 Å². The first-order valence-corrected chi connectivity index (χ1v) is 4.02. The van der Waals surface area contributed by atoms with Crippen LogP contribution in [-0.2, 0) is 0 Å². The zero-order chi connectivity index (χ0) is 9.84. The van der Waals surface area contributed by atoms with Gasteiger partial charge in [0, 0.05) is 4.47 Å². The highest BCUT2D eigenvalue weighted by atomic mass is 79.9. The molecule has 0 aliphatic carbocycles. The molecule has 0 saturated carbocycles. The second kappa shape index (κ2) is 4.32. The Morgan fingerprint density at radius 1 is 1.38 bits per heavy atom. The van der Waals surface area contributed by atoms with Crippen LogP contribution >= 0.6 is 15.9 Å². The van der Waals surface area contributed by atoms with E-state index in [0.29, 0.717) is 4.47 Å². The van der Waals surface area contributed by atoms with Crippen molar-refractivity contribution in [3.8, 4) is 5.75 Å². The fraction of sp³-hybridized carbons (Fsp3) is 0. The molecule has 0 N–H and O–H groups in total. The van der Waals surface area contributed by atoms with E-state index in [1.54, 1.807) is 0 Å². The minimum absolute atomic E-state index is 0.187. The first-order valence-electron chi connectivity index (χ1n) is 3.22. The van der Waals surface area contributed by atoms with Gasteiger partial charge in [0.05, 0.1) is 0 Å². The zero-order valence-electron chi connectivity index (χ0n) is 6.23. The predicted molar refractivity (Wildman–Crippen MR) is 45.0 cm³/mol. The molecule has 0 unspecified atom stereocenters. The Morgan fingerprint density at radius 3 is 2.62 bits per heavy atom. The van der Waals surface area contributed by atoms with Crippen LogP contribution in [0.5, 0.6) is 5.75 Å². The molecule has 1 aromatic carbocycles. The van der Waals surface area contributed by atoms with Crippen LogP contribution < -0.4 is 4.74 Å². The average Bonchev–Trinajstić information content (AvgIpc) is 2.02. The summed E-state index contributed by atoms with van der Waals surface area (Å²) in [6.45, 7) is 0. The third-order valence-corrected chi connectivity index (χ3v) is 1.66. The summed E-state index contributed by atoms with van der Waals surface area (Å²) in [5.41, 5.74) is 0. The van der Waals surface area contributed by atoms with Crippen LogP contribution in [0.2, 0.25) is 0 Å². The smallest absolute Gasteiger partial charge is 0.305 e. The van der Waals surface area contributed by atoms with Crippen molar-refractivity contribution in [1.82, 2.24) is 0 Å². The van der Waals surface area contributed by atoms with Gasteiger partial charge in [-0.2, -0.15) is 8.78 Å². The van der Waals surface area contributed by atoms with Crippen molar-refractivity contribution >= 4 is 15.9 Å². The Bertz CT molecular complexity index is 334. The second-order valence-electron chi connectivity index (χ2n) is 2.10. The lowest BCUT2D eigenvalue weighted by atomic mass is 10.3. The molecule has 1 aromatic rings. The molecule has 0 spiro atoms. The quantitative estimate of drug-likeness (QED) is 0.730. The Balaban J connectivity index is 2.84. The number of hydrogen-bond acceptors (Lipinski definition) is 1. The van der Waals surface area contributed by atoms with Crippen molar-refractivity contribution in [3.63, 3.8) is 0 Å². The lowest BCUT2D eigenvalue weighted by Gasteiger charge is -2.00. The Morgan fingerprint density at radius 2 is 2.08 bits per heavy atom. The van der Waals surface area contributed by atoms with Gasteiger partial charge in [-0.25, -0.2) is 4.39 Å². The molecule has 0 bridgehead atoms. The molecule has 0 aliphatic heterocycles. The van der Waals surface area contributed by atoms with Gasteiger partial charge in [-0.3, -0.25) is 0 Å². The van der Waals surface area contributed by atoms with Crippen LogP contribution in [0.1, 0.15) is 0 Å². The normalized spacial score (nSPS) is 9.54. The highest BCUT2D eigenvalue weighted by molar-refractivity contribution is 9.10. The number of ether oxygens (including phenoxy) is 1. The molecular weight excluding hydrogens is 249 g/mol. The van der Waals surface area contributed by atoms with Gasteiger partial charge in [0.25, 0.3) is 0 Å². The van der Waals surface area contributed by atoms with Crippen molar-refractivity contribution in [2.75, 3.05) is 0 Å². The molecule has 5 heteroatoms. The molecule has 0 aromatic heterocycles. The SMILES string of the molecule is FC(F)=COc1ccc(Br)cc1F. The highest BCUT2D eigenvalue weighted by Crippen LogP contribution is 2.21. The van der Waals surface area contributed by atoms with Gasteiger partial charge in [-0.15, -0.1) is 0 Å². The zero-order valence-corrected chi connectivity index (χ0v) is 7.82. The van der Waals surface area contributed by atoms with E-state index in [2.05, 4.69) is 20.7 Å². The third-order valence-electron chi connectivity index (χ3n) is 1.17. The molecule has 0 saturated heterocycles. The summed E-state index contributed by atoms with van der Waals surface area (Å²) in [6.07, 6.45) is -1.82. The van der Waals surface area contributed by atoms with Crippen LogP contribution in [0.15, 0.2) is 35.0 Å². The fourth-order valence-corrected chi connectivity index (χ4v) is 1.01. The van der Waals surface area contributed by atoms with Gasteiger partial charge >= 0.3 is 6.08 Å². The molecular formula is C8H4BrF3O. The highest BCUT2D eigenvalue weighted by Gasteiger charge is 2.02. The standard InChI is InChI=1S/C8H4BrF3O/c9-5-1-2-7(6(10)3-5)13-4-8(11)12/h1-4H. The Labute approximate surface area is 80.9 Å². The van der Waals surface area contributed by atoms with Crippen molar-refractivity contribution in [2.24, 2.45) is 0 Å². The monoisotopic (exact) mass is 252 g/mol. The van der Waals surface area contributed by atoms with Gasteiger partial charge in [0.1, 0.15) is 0 Å². The largest absolute Gasteiger partial charge is 0.456 e. The van der Waals surface area contributed by atoms with Gasteiger partial charge < -0.3 is 4.74 Å². The molecule has 0 aliphatic rings. The van der Waals surface area contributed by atoms with E-state index in [-0.39, 0.29) is 12.0 Å². The maximum absolute atomic E-state index is 12.9. The topological polar surface area (TPSA) is 9.23 Å². The fourth-order valence-electron chi connectivity index (χ4n) is 0.679. The first-order chi connectivity index (χ1) is 6.09. The Hall–Kier alpha value is -0.970. The summed E-state index contributed by atoms with van der Waals surface area (Å²) in [6, 6.07) is 3.86. The van der Waals surface area contributed by atoms with E-state index >= 15 is 0 Å². The number of hydrogen-bond donors (Lipinski definition) is 0.